The van der Waals surface area contributed by atoms with Crippen LogP contribution in [0, 0.1) is 6.92 Å². The van der Waals surface area contributed by atoms with Crippen LogP contribution in [0.3, 0.4) is 0 Å². The van der Waals surface area contributed by atoms with Gasteiger partial charge in [-0.05, 0) is 31.0 Å². The van der Waals surface area contributed by atoms with Crippen molar-refractivity contribution in [1.82, 2.24) is 15.2 Å². The number of benzene rings is 2. The van der Waals surface area contributed by atoms with Crippen molar-refractivity contribution in [1.29, 1.82) is 0 Å². The molecule has 3 aromatic rings. The van der Waals surface area contributed by atoms with Gasteiger partial charge >= 0.3 is 0 Å². The zero-order chi connectivity index (χ0) is 19.2. The van der Waals surface area contributed by atoms with Crippen molar-refractivity contribution in [3.63, 3.8) is 0 Å². The zero-order valence-electron chi connectivity index (χ0n) is 15.6. The molecule has 0 radical (unpaired) electrons. The minimum absolute atomic E-state index is 0.402. The highest BCUT2D eigenvalue weighted by molar-refractivity contribution is 6.31. The molecule has 0 saturated heterocycles. The summed E-state index contributed by atoms with van der Waals surface area (Å²) in [5.74, 6) is 1.78. The first-order chi connectivity index (χ1) is 13.1. The molecule has 2 aromatic carbocycles. The average molecular weight is 384 g/mol. The predicted octanol–water partition coefficient (Wildman–Crippen LogP) is 4.61. The second-order valence-electron chi connectivity index (χ2n) is 6.06. The summed E-state index contributed by atoms with van der Waals surface area (Å²) in [6, 6.07) is 13.9. The second kappa shape index (κ2) is 8.68. The quantitative estimate of drug-likeness (QED) is 0.642. The number of aryl methyl sites for hydroxylation is 1. The molecule has 0 amide bonds. The number of hydrogen-bond acceptors (Lipinski definition) is 6. The fourth-order valence-corrected chi connectivity index (χ4v) is 2.86. The van der Waals surface area contributed by atoms with Crippen LogP contribution in [0.15, 0.2) is 48.7 Å². The lowest BCUT2D eigenvalue weighted by atomic mass is 10.2. The van der Waals surface area contributed by atoms with Crippen molar-refractivity contribution < 1.29 is 4.74 Å². The minimum Gasteiger partial charge on any atom is -0.495 e. The SMILES string of the molecule is CCN(Cc1ccccc1)c1cnnc(Nc2cc(C)c(Cl)cc2OC)n1. The first kappa shape index (κ1) is 18.9. The van der Waals surface area contributed by atoms with Gasteiger partial charge in [0, 0.05) is 24.2 Å². The molecule has 1 N–H and O–H groups in total. The molecular formula is C20H22ClN5O. The Balaban J connectivity index is 1.84. The smallest absolute Gasteiger partial charge is 0.249 e. The van der Waals surface area contributed by atoms with Crippen LogP contribution in [0.2, 0.25) is 5.02 Å². The first-order valence-corrected chi connectivity index (χ1v) is 9.08. The van der Waals surface area contributed by atoms with Gasteiger partial charge in [-0.2, -0.15) is 10.1 Å². The number of aromatic nitrogens is 3. The van der Waals surface area contributed by atoms with Crippen molar-refractivity contribution in [2.24, 2.45) is 0 Å². The van der Waals surface area contributed by atoms with Gasteiger partial charge in [-0.1, -0.05) is 41.9 Å². The van der Waals surface area contributed by atoms with Gasteiger partial charge in [0.1, 0.15) is 5.75 Å². The molecule has 0 atom stereocenters. The van der Waals surface area contributed by atoms with E-state index in [1.54, 1.807) is 19.4 Å². The van der Waals surface area contributed by atoms with E-state index in [1.807, 2.05) is 31.2 Å². The number of ether oxygens (including phenoxy) is 1. The summed E-state index contributed by atoms with van der Waals surface area (Å²) in [4.78, 5) is 6.75. The molecule has 1 aromatic heterocycles. The number of methoxy groups -OCH3 is 1. The largest absolute Gasteiger partial charge is 0.495 e. The Labute approximate surface area is 164 Å². The van der Waals surface area contributed by atoms with E-state index in [2.05, 4.69) is 44.5 Å². The van der Waals surface area contributed by atoms with E-state index in [-0.39, 0.29) is 0 Å². The van der Waals surface area contributed by atoms with E-state index in [0.717, 1.165) is 30.2 Å². The molecule has 140 valence electrons. The van der Waals surface area contributed by atoms with Gasteiger partial charge in [0.25, 0.3) is 0 Å². The molecular weight excluding hydrogens is 362 g/mol. The van der Waals surface area contributed by atoms with Gasteiger partial charge in [-0.3, -0.25) is 0 Å². The van der Waals surface area contributed by atoms with E-state index >= 15 is 0 Å². The van der Waals surface area contributed by atoms with E-state index in [1.165, 1.54) is 5.56 Å². The number of halogens is 1. The number of nitrogens with zero attached hydrogens (tertiary/aromatic N) is 4. The van der Waals surface area contributed by atoms with Crippen molar-refractivity contribution in [2.75, 3.05) is 23.9 Å². The van der Waals surface area contributed by atoms with Crippen LogP contribution in [-0.2, 0) is 6.54 Å². The third-order valence-corrected chi connectivity index (χ3v) is 4.60. The molecule has 1 heterocycles. The highest BCUT2D eigenvalue weighted by Gasteiger charge is 2.12. The molecule has 6 nitrogen and oxygen atoms in total. The third-order valence-electron chi connectivity index (χ3n) is 4.20. The Morgan fingerprint density at radius 1 is 1.19 bits per heavy atom. The summed E-state index contributed by atoms with van der Waals surface area (Å²) < 4.78 is 5.40. The third kappa shape index (κ3) is 4.65. The van der Waals surface area contributed by atoms with Gasteiger partial charge in [-0.25, -0.2) is 0 Å². The van der Waals surface area contributed by atoms with Gasteiger partial charge < -0.3 is 15.0 Å². The standard InChI is InChI=1S/C20H22ClN5O/c1-4-26(13-15-8-6-5-7-9-15)19-12-22-25-20(24-19)23-17-10-14(2)16(21)11-18(17)27-3/h5-12H,4,13H2,1-3H3,(H,23,24,25). The molecule has 0 unspecified atom stereocenters. The number of anilines is 3. The highest BCUT2D eigenvalue weighted by Crippen LogP contribution is 2.32. The summed E-state index contributed by atoms with van der Waals surface area (Å²) in [7, 11) is 1.60. The topological polar surface area (TPSA) is 63.2 Å². The molecule has 0 aliphatic heterocycles. The molecule has 0 aliphatic rings. The highest BCUT2D eigenvalue weighted by atomic mass is 35.5. The molecule has 0 fully saturated rings. The van der Waals surface area contributed by atoms with Crippen LogP contribution in [0.1, 0.15) is 18.1 Å². The van der Waals surface area contributed by atoms with Gasteiger partial charge in [0.15, 0.2) is 5.82 Å². The van der Waals surface area contributed by atoms with Crippen LogP contribution in [0.5, 0.6) is 5.75 Å². The molecule has 3 rings (SSSR count). The Hall–Kier alpha value is -2.86. The lowest BCUT2D eigenvalue weighted by Crippen LogP contribution is -2.23. The maximum atomic E-state index is 6.17. The van der Waals surface area contributed by atoms with Crippen molar-refractivity contribution in [3.05, 3.63) is 64.8 Å². The fraction of sp³-hybridized carbons (Fsp3) is 0.250. The average Bonchev–Trinajstić information content (AvgIpc) is 2.69. The summed E-state index contributed by atoms with van der Waals surface area (Å²) in [6.45, 7) is 5.57. The van der Waals surface area contributed by atoms with Gasteiger partial charge in [0.2, 0.25) is 5.95 Å². The summed E-state index contributed by atoms with van der Waals surface area (Å²) in [5, 5.41) is 12.0. The van der Waals surface area contributed by atoms with E-state index in [4.69, 9.17) is 16.3 Å². The van der Waals surface area contributed by atoms with E-state index < -0.39 is 0 Å². The molecule has 0 saturated carbocycles. The number of nitrogens with one attached hydrogen (secondary N) is 1. The Kier molecular flexibility index (Phi) is 6.08. The molecule has 7 heteroatoms. The van der Waals surface area contributed by atoms with Crippen molar-refractivity contribution >= 4 is 29.1 Å². The minimum atomic E-state index is 0.402. The molecule has 0 bridgehead atoms. The molecule has 0 aliphatic carbocycles. The molecule has 27 heavy (non-hydrogen) atoms. The first-order valence-electron chi connectivity index (χ1n) is 8.70. The maximum absolute atomic E-state index is 6.17. The Morgan fingerprint density at radius 3 is 2.67 bits per heavy atom. The zero-order valence-corrected chi connectivity index (χ0v) is 16.4. The number of rotatable bonds is 7. The summed E-state index contributed by atoms with van der Waals surface area (Å²) in [6.07, 6.45) is 1.67. The van der Waals surface area contributed by atoms with E-state index in [9.17, 15) is 0 Å². The van der Waals surface area contributed by atoms with E-state index in [0.29, 0.717) is 16.7 Å². The second-order valence-corrected chi connectivity index (χ2v) is 6.47. The van der Waals surface area contributed by atoms with Gasteiger partial charge in [-0.15, -0.1) is 5.10 Å². The van der Waals surface area contributed by atoms with Crippen LogP contribution in [0.25, 0.3) is 0 Å². The lowest BCUT2D eigenvalue weighted by molar-refractivity contribution is 0.416. The van der Waals surface area contributed by atoms with Crippen molar-refractivity contribution in [2.45, 2.75) is 20.4 Å². The van der Waals surface area contributed by atoms with Gasteiger partial charge in [0.05, 0.1) is 19.0 Å². The summed E-state index contributed by atoms with van der Waals surface area (Å²) in [5.41, 5.74) is 2.88. The fourth-order valence-electron chi connectivity index (χ4n) is 2.71. The predicted molar refractivity (Wildman–Crippen MR) is 109 cm³/mol. The Bertz CT molecular complexity index is 904. The van der Waals surface area contributed by atoms with Crippen LogP contribution in [0.4, 0.5) is 17.5 Å². The monoisotopic (exact) mass is 383 g/mol. The van der Waals surface area contributed by atoms with Crippen LogP contribution >= 0.6 is 11.6 Å². The van der Waals surface area contributed by atoms with Crippen LogP contribution in [-0.4, -0.2) is 28.8 Å². The van der Waals surface area contributed by atoms with Crippen molar-refractivity contribution in [3.8, 4) is 5.75 Å². The maximum Gasteiger partial charge on any atom is 0.249 e. The lowest BCUT2D eigenvalue weighted by Gasteiger charge is -2.22. The Morgan fingerprint density at radius 2 is 1.96 bits per heavy atom. The normalized spacial score (nSPS) is 10.5. The summed E-state index contributed by atoms with van der Waals surface area (Å²) >= 11 is 6.17. The van der Waals surface area contributed by atoms with Crippen LogP contribution < -0.4 is 15.0 Å². The number of hydrogen-bond donors (Lipinski definition) is 1. The molecule has 0 spiro atoms.